The highest BCUT2D eigenvalue weighted by atomic mass is 19.4. The molecule has 5 fully saturated rings. The van der Waals surface area contributed by atoms with Gasteiger partial charge in [0.05, 0.1) is 12.2 Å². The van der Waals surface area contributed by atoms with E-state index < -0.39 is 12.8 Å². The van der Waals surface area contributed by atoms with Gasteiger partial charge in [-0.05, 0) is 80.5 Å². The number of likely N-dealkylation sites (tertiary alicyclic amines) is 2. The highest BCUT2D eigenvalue weighted by Gasteiger charge is 2.47. The Morgan fingerprint density at radius 1 is 1.08 bits per heavy atom. The van der Waals surface area contributed by atoms with Crippen LogP contribution in [0.25, 0.3) is 22.0 Å². The number of carbonyl (C=O) groups is 1. The molecule has 1 saturated carbocycles. The molecule has 1 amide bonds. The molecule has 5 heterocycles. The molecule has 0 bridgehead atoms. The summed E-state index contributed by atoms with van der Waals surface area (Å²) in [6.45, 7) is 9.63. The monoisotopic (exact) mass is 718 g/mol. The number of ether oxygens (including phenoxy) is 2. The number of aromatic nitrogens is 2. The van der Waals surface area contributed by atoms with E-state index in [0.29, 0.717) is 84.3 Å². The van der Waals surface area contributed by atoms with Crippen LogP contribution in [0.3, 0.4) is 0 Å². The second-order valence-corrected chi connectivity index (χ2v) is 15.4. The fourth-order valence-corrected chi connectivity index (χ4v) is 8.36. The lowest BCUT2D eigenvalue weighted by Crippen LogP contribution is -2.61. The van der Waals surface area contributed by atoms with E-state index in [0.717, 1.165) is 56.1 Å². The van der Waals surface area contributed by atoms with Crippen molar-refractivity contribution >= 4 is 40.5 Å². The molecule has 14 heteroatoms. The first-order valence-electron chi connectivity index (χ1n) is 18.1. The van der Waals surface area contributed by atoms with Gasteiger partial charge in [0.1, 0.15) is 11.3 Å². The van der Waals surface area contributed by atoms with E-state index in [4.69, 9.17) is 30.6 Å². The van der Waals surface area contributed by atoms with Crippen LogP contribution >= 0.6 is 0 Å². The zero-order valence-corrected chi connectivity index (χ0v) is 29.6. The molecule has 3 N–H and O–H groups in total. The van der Waals surface area contributed by atoms with Crippen molar-refractivity contribution in [3.05, 3.63) is 47.5 Å². The maximum atomic E-state index is 14.0. The van der Waals surface area contributed by atoms with Crippen molar-refractivity contribution in [3.8, 4) is 16.9 Å². The molecule has 0 unspecified atom stereocenters. The molecule has 11 nitrogen and oxygen atoms in total. The molecule has 4 aliphatic heterocycles. The van der Waals surface area contributed by atoms with E-state index in [1.54, 1.807) is 6.07 Å². The summed E-state index contributed by atoms with van der Waals surface area (Å²) in [4.78, 5) is 30.6. The van der Waals surface area contributed by atoms with E-state index in [1.807, 2.05) is 28.9 Å². The molecule has 52 heavy (non-hydrogen) atoms. The Hall–Kier alpha value is -4.43. The highest BCUT2D eigenvalue weighted by molar-refractivity contribution is 6.05. The van der Waals surface area contributed by atoms with Crippen molar-refractivity contribution in [2.75, 3.05) is 81.5 Å². The summed E-state index contributed by atoms with van der Waals surface area (Å²) < 4.78 is 54.2. The zero-order valence-electron chi connectivity index (χ0n) is 29.6. The molecule has 5 aliphatic rings. The first-order valence-corrected chi connectivity index (χ1v) is 18.1. The molecule has 8 rings (SSSR count). The lowest BCUT2D eigenvalue weighted by molar-refractivity contribution is -0.153. The number of piperidine rings is 1. The molecule has 3 aromatic rings. The van der Waals surface area contributed by atoms with Crippen molar-refractivity contribution in [3.63, 3.8) is 0 Å². The van der Waals surface area contributed by atoms with Crippen molar-refractivity contribution in [2.24, 2.45) is 5.41 Å². The third-order valence-corrected chi connectivity index (χ3v) is 11.4. The smallest absolute Gasteiger partial charge is 0.422 e. The van der Waals surface area contributed by atoms with Gasteiger partial charge in [0.2, 0.25) is 11.9 Å². The summed E-state index contributed by atoms with van der Waals surface area (Å²) in [5.41, 5.74) is 10.2. The van der Waals surface area contributed by atoms with Crippen molar-refractivity contribution < 1.29 is 27.4 Å². The topological polar surface area (TPSA) is 124 Å². The number of hydrogen-bond donors (Lipinski definition) is 2. The van der Waals surface area contributed by atoms with Crippen LogP contribution in [-0.2, 0) is 9.53 Å². The molecular formula is C38H45F3N8O3. The van der Waals surface area contributed by atoms with E-state index in [9.17, 15) is 18.0 Å². The molecule has 1 aliphatic carbocycles. The number of benzene rings is 2. The number of aryl methyl sites for hydroxylation is 1. The standard InChI is InChI=1S/C38H45F3N8O3/c1-4-30(50)49-19-37(20-49)9-11-47(12-10-37)35-27-13-26(23-6-7-23)32(31-22(2)5-8-29(43)28(31)14-42)34(51-21-38(39,40)41)33(27)44-36(45-35)48-17-25(18-48)52-24-15-46(3)16-24/h4-5,8,13-14,23-25,42H,1,6-7,9-12,15-21,43H2,2-3H3. The van der Waals surface area contributed by atoms with Gasteiger partial charge in [-0.2, -0.15) is 18.2 Å². The van der Waals surface area contributed by atoms with Gasteiger partial charge >= 0.3 is 6.18 Å². The van der Waals surface area contributed by atoms with Crippen LogP contribution in [0, 0.1) is 17.7 Å². The number of carbonyl (C=O) groups excluding carboxylic acids is 1. The number of amides is 1. The summed E-state index contributed by atoms with van der Waals surface area (Å²) in [7, 11) is 2.05. The lowest BCUT2D eigenvalue weighted by atomic mass is 9.72. The minimum atomic E-state index is -4.60. The van der Waals surface area contributed by atoms with Gasteiger partial charge in [-0.1, -0.05) is 12.6 Å². The molecule has 276 valence electrons. The Kier molecular flexibility index (Phi) is 8.60. The van der Waals surface area contributed by atoms with E-state index in [-0.39, 0.29) is 35.2 Å². The summed E-state index contributed by atoms with van der Waals surface area (Å²) >= 11 is 0. The Labute approximate surface area is 301 Å². The quantitative estimate of drug-likeness (QED) is 0.167. The number of likely N-dealkylation sites (N-methyl/N-ethyl adjacent to an activating group) is 1. The first-order chi connectivity index (χ1) is 24.8. The van der Waals surface area contributed by atoms with Crippen LogP contribution in [0.4, 0.5) is 30.6 Å². The second-order valence-electron chi connectivity index (χ2n) is 15.4. The van der Waals surface area contributed by atoms with Crippen molar-refractivity contribution in [2.45, 2.75) is 56.9 Å². The maximum absolute atomic E-state index is 14.0. The third-order valence-electron chi connectivity index (χ3n) is 11.4. The molecule has 4 saturated heterocycles. The molecule has 0 radical (unpaired) electrons. The average molecular weight is 719 g/mol. The second kappa shape index (κ2) is 12.9. The summed E-state index contributed by atoms with van der Waals surface area (Å²) in [5.74, 6) is 1.16. The largest absolute Gasteiger partial charge is 0.481 e. The Bertz CT molecular complexity index is 1920. The Morgan fingerprint density at radius 3 is 2.38 bits per heavy atom. The van der Waals surface area contributed by atoms with Gasteiger partial charge in [-0.3, -0.25) is 4.79 Å². The number of halogens is 3. The number of nitrogen functional groups attached to an aromatic ring is 1. The molecule has 1 aromatic heterocycles. The van der Waals surface area contributed by atoms with Crippen molar-refractivity contribution in [1.29, 1.82) is 5.41 Å². The first kappa shape index (κ1) is 34.6. The SMILES string of the molecule is C=CC(=O)N1CC2(CCN(c3nc(N4CC(OC5CN(C)C5)C4)nc4c(OCC(F)(F)F)c(-c5c(C)ccc(N)c5C=N)c(C5CC5)cc34)CC2)C1. The van der Waals surface area contributed by atoms with Crippen LogP contribution in [0.5, 0.6) is 5.75 Å². The normalized spacial score (nSPS) is 20.8. The maximum Gasteiger partial charge on any atom is 0.422 e. The van der Waals surface area contributed by atoms with E-state index >= 15 is 0 Å². The van der Waals surface area contributed by atoms with Crippen LogP contribution in [0.2, 0.25) is 0 Å². The molecule has 0 atom stereocenters. The van der Waals surface area contributed by atoms with Gasteiger partial charge in [0.25, 0.3) is 0 Å². The third kappa shape index (κ3) is 6.33. The molecular weight excluding hydrogens is 673 g/mol. The fourth-order valence-electron chi connectivity index (χ4n) is 8.36. The van der Waals surface area contributed by atoms with E-state index in [1.165, 1.54) is 6.08 Å². The Balaban J connectivity index is 1.25. The zero-order chi connectivity index (χ0) is 36.5. The number of fused-ring (bicyclic) bond motifs is 1. The molecule has 2 aromatic carbocycles. The van der Waals surface area contributed by atoms with E-state index in [2.05, 4.69) is 23.4 Å². The average Bonchev–Trinajstić information content (AvgIpc) is 3.92. The molecule has 1 spiro atoms. The summed E-state index contributed by atoms with van der Waals surface area (Å²) in [6.07, 6.45) is 1.57. The predicted molar refractivity (Wildman–Crippen MR) is 195 cm³/mol. The fraction of sp³-hybridized carbons (Fsp3) is 0.526. The van der Waals surface area contributed by atoms with Crippen LogP contribution < -0.4 is 20.3 Å². The predicted octanol–water partition coefficient (Wildman–Crippen LogP) is 5.14. The van der Waals surface area contributed by atoms with Crippen molar-refractivity contribution in [1.82, 2.24) is 19.8 Å². The summed E-state index contributed by atoms with van der Waals surface area (Å²) in [6, 6.07) is 5.59. The Morgan fingerprint density at radius 2 is 1.77 bits per heavy atom. The van der Waals surface area contributed by atoms with Crippen LogP contribution in [0.1, 0.15) is 48.3 Å². The van der Waals surface area contributed by atoms with Gasteiger partial charge < -0.3 is 40.2 Å². The number of nitrogens with zero attached hydrogens (tertiary/aromatic N) is 6. The number of anilines is 3. The number of nitrogens with one attached hydrogen (secondary N) is 1. The number of rotatable bonds is 10. The van der Waals surface area contributed by atoms with Gasteiger partial charge in [0, 0.05) is 86.2 Å². The number of hydrogen-bond acceptors (Lipinski definition) is 10. The van der Waals surface area contributed by atoms with Gasteiger partial charge in [-0.25, -0.2) is 4.98 Å². The van der Waals surface area contributed by atoms with Crippen LogP contribution in [0.15, 0.2) is 30.9 Å². The van der Waals surface area contributed by atoms with Gasteiger partial charge in [0.15, 0.2) is 12.4 Å². The minimum Gasteiger partial charge on any atom is -0.481 e. The lowest BCUT2D eigenvalue weighted by Gasteiger charge is -2.54. The number of alkyl halides is 3. The number of nitrogens with two attached hydrogens (primary N) is 1. The van der Waals surface area contributed by atoms with Gasteiger partial charge in [-0.15, -0.1) is 0 Å². The highest BCUT2D eigenvalue weighted by Crippen LogP contribution is 2.53. The minimum absolute atomic E-state index is 0.00924. The summed E-state index contributed by atoms with van der Waals surface area (Å²) in [5, 5.41) is 8.92. The van der Waals surface area contributed by atoms with Crippen LogP contribution in [-0.4, -0.2) is 116 Å².